The first kappa shape index (κ1) is 15.9. The Bertz CT molecular complexity index is 372. The number of hydrogen-bond acceptors (Lipinski definition) is 4. The number of nitrogens with two attached hydrogens (primary N) is 1. The molecule has 1 aromatic heterocycles. The van der Waals surface area contributed by atoms with Crippen molar-refractivity contribution in [2.75, 3.05) is 26.2 Å². The number of aliphatic hydroxyl groups excluding tert-OH is 1. The van der Waals surface area contributed by atoms with E-state index in [2.05, 4.69) is 15.9 Å². The lowest BCUT2D eigenvalue weighted by Crippen LogP contribution is -2.41. The Hall–Kier alpha value is -0.150. The minimum absolute atomic E-state index is 0.0586. The minimum atomic E-state index is -4.31. The van der Waals surface area contributed by atoms with Crippen LogP contribution in [0.25, 0.3) is 0 Å². The molecule has 0 amide bonds. The fourth-order valence-corrected chi connectivity index (χ4v) is 3.24. The molecule has 0 fully saturated rings. The van der Waals surface area contributed by atoms with Gasteiger partial charge in [-0.25, -0.2) is 0 Å². The van der Waals surface area contributed by atoms with Crippen molar-refractivity contribution < 1.29 is 18.3 Å². The van der Waals surface area contributed by atoms with Crippen molar-refractivity contribution >= 4 is 27.3 Å². The molecule has 1 aromatic rings. The fourth-order valence-electron chi connectivity index (χ4n) is 1.65. The molecule has 3 nitrogen and oxygen atoms in total. The standard InChI is InChI=1S/C10H14BrF3N2OS/c11-7-3-9(18-5-7)8(4-15)16(1-2-17)6-10(12,13)14/h3,5,8,17H,1-2,4,6,15H2. The number of alkyl halides is 3. The summed E-state index contributed by atoms with van der Waals surface area (Å²) in [4.78, 5) is 1.90. The molecular weight excluding hydrogens is 333 g/mol. The summed E-state index contributed by atoms with van der Waals surface area (Å²) in [6.07, 6.45) is -4.31. The molecule has 8 heteroatoms. The summed E-state index contributed by atoms with van der Waals surface area (Å²) < 4.78 is 38.2. The Morgan fingerprint density at radius 1 is 1.50 bits per heavy atom. The third kappa shape index (κ3) is 4.85. The summed E-state index contributed by atoms with van der Waals surface area (Å²) in [7, 11) is 0. The second-order valence-corrected chi connectivity index (χ2v) is 5.59. The van der Waals surface area contributed by atoms with Crippen LogP contribution in [-0.2, 0) is 0 Å². The van der Waals surface area contributed by atoms with Gasteiger partial charge in [0.05, 0.1) is 19.2 Å². The Balaban J connectivity index is 2.86. The first-order chi connectivity index (χ1) is 8.37. The van der Waals surface area contributed by atoms with Gasteiger partial charge in [-0.3, -0.25) is 4.90 Å². The smallest absolute Gasteiger partial charge is 0.395 e. The van der Waals surface area contributed by atoms with Crippen molar-refractivity contribution in [3.63, 3.8) is 0 Å². The number of rotatable bonds is 6. The number of nitrogens with zero attached hydrogens (tertiary/aromatic N) is 1. The lowest BCUT2D eigenvalue weighted by Gasteiger charge is -2.30. The van der Waals surface area contributed by atoms with E-state index in [-0.39, 0.29) is 19.7 Å². The van der Waals surface area contributed by atoms with E-state index in [1.807, 2.05) is 0 Å². The maximum atomic E-state index is 12.5. The molecule has 0 aromatic carbocycles. The van der Waals surface area contributed by atoms with Crippen LogP contribution < -0.4 is 5.73 Å². The van der Waals surface area contributed by atoms with Gasteiger partial charge < -0.3 is 10.8 Å². The van der Waals surface area contributed by atoms with Gasteiger partial charge in [0.15, 0.2) is 0 Å². The molecule has 1 unspecified atom stereocenters. The van der Waals surface area contributed by atoms with E-state index in [0.29, 0.717) is 0 Å². The van der Waals surface area contributed by atoms with Crippen LogP contribution in [0, 0.1) is 0 Å². The second-order valence-electron chi connectivity index (χ2n) is 3.73. The summed E-state index contributed by atoms with van der Waals surface area (Å²) in [5, 5.41) is 10.7. The van der Waals surface area contributed by atoms with Gasteiger partial charge in [-0.15, -0.1) is 11.3 Å². The lowest BCUT2D eigenvalue weighted by atomic mass is 10.2. The monoisotopic (exact) mass is 346 g/mol. The average Bonchev–Trinajstić information content (AvgIpc) is 2.64. The SMILES string of the molecule is NCC(c1cc(Br)cs1)N(CCO)CC(F)(F)F. The van der Waals surface area contributed by atoms with Crippen molar-refractivity contribution in [1.29, 1.82) is 0 Å². The molecule has 1 atom stereocenters. The van der Waals surface area contributed by atoms with E-state index in [0.717, 1.165) is 14.2 Å². The van der Waals surface area contributed by atoms with Crippen LogP contribution in [0.3, 0.4) is 0 Å². The van der Waals surface area contributed by atoms with E-state index in [1.165, 1.54) is 11.3 Å². The number of thiophene rings is 1. The number of aliphatic hydroxyl groups is 1. The third-order valence-corrected chi connectivity index (χ3v) is 4.14. The van der Waals surface area contributed by atoms with E-state index in [9.17, 15) is 13.2 Å². The van der Waals surface area contributed by atoms with Gasteiger partial charge in [-0.2, -0.15) is 13.2 Å². The molecule has 1 rings (SSSR count). The Kier molecular flexibility index (Phi) is 6.06. The molecule has 0 saturated heterocycles. The maximum absolute atomic E-state index is 12.5. The highest BCUT2D eigenvalue weighted by atomic mass is 79.9. The zero-order valence-electron chi connectivity index (χ0n) is 9.45. The zero-order chi connectivity index (χ0) is 13.8. The summed E-state index contributed by atoms with van der Waals surface area (Å²) in [5.41, 5.74) is 5.56. The second kappa shape index (κ2) is 6.85. The van der Waals surface area contributed by atoms with Gasteiger partial charge in [-0.05, 0) is 22.0 Å². The molecule has 0 aliphatic heterocycles. The van der Waals surface area contributed by atoms with Crippen LogP contribution in [0.1, 0.15) is 10.9 Å². The van der Waals surface area contributed by atoms with Crippen molar-refractivity contribution in [2.45, 2.75) is 12.2 Å². The molecule has 0 aliphatic rings. The largest absolute Gasteiger partial charge is 0.401 e. The minimum Gasteiger partial charge on any atom is -0.395 e. The predicted molar refractivity (Wildman–Crippen MR) is 68.5 cm³/mol. The number of hydrogen-bond donors (Lipinski definition) is 2. The summed E-state index contributed by atoms with van der Waals surface area (Å²) in [6.45, 7) is -1.40. The zero-order valence-corrected chi connectivity index (χ0v) is 11.9. The van der Waals surface area contributed by atoms with Crippen LogP contribution >= 0.6 is 27.3 Å². The van der Waals surface area contributed by atoms with E-state index >= 15 is 0 Å². The van der Waals surface area contributed by atoms with Gasteiger partial charge in [0, 0.05) is 27.8 Å². The topological polar surface area (TPSA) is 49.5 Å². The van der Waals surface area contributed by atoms with Crippen LogP contribution in [0.15, 0.2) is 15.9 Å². The normalized spacial score (nSPS) is 14.2. The highest BCUT2D eigenvalue weighted by Crippen LogP contribution is 2.30. The van der Waals surface area contributed by atoms with Gasteiger partial charge >= 0.3 is 6.18 Å². The predicted octanol–water partition coefficient (Wildman–Crippen LogP) is 2.37. The molecule has 104 valence electrons. The quantitative estimate of drug-likeness (QED) is 0.831. The van der Waals surface area contributed by atoms with Gasteiger partial charge in [0.25, 0.3) is 0 Å². The maximum Gasteiger partial charge on any atom is 0.401 e. The van der Waals surface area contributed by atoms with E-state index in [4.69, 9.17) is 10.8 Å². The van der Waals surface area contributed by atoms with Crippen molar-refractivity contribution in [3.05, 3.63) is 20.8 Å². The molecule has 0 radical (unpaired) electrons. The Morgan fingerprint density at radius 3 is 2.56 bits per heavy atom. The fraction of sp³-hybridized carbons (Fsp3) is 0.600. The molecule has 0 saturated carbocycles. The van der Waals surface area contributed by atoms with Crippen molar-refractivity contribution in [1.82, 2.24) is 4.90 Å². The highest BCUT2D eigenvalue weighted by Gasteiger charge is 2.34. The third-order valence-electron chi connectivity index (χ3n) is 2.35. The van der Waals surface area contributed by atoms with Gasteiger partial charge in [0.1, 0.15) is 0 Å². The summed E-state index contributed by atoms with van der Waals surface area (Å²) in [6, 6.07) is 1.22. The molecule has 0 bridgehead atoms. The number of halogens is 4. The summed E-state index contributed by atoms with van der Waals surface area (Å²) in [5.74, 6) is 0. The first-order valence-corrected chi connectivity index (χ1v) is 6.90. The van der Waals surface area contributed by atoms with Crippen LogP contribution in [0.5, 0.6) is 0 Å². The Morgan fingerprint density at radius 2 is 2.17 bits per heavy atom. The molecule has 3 N–H and O–H groups in total. The lowest BCUT2D eigenvalue weighted by molar-refractivity contribution is -0.151. The van der Waals surface area contributed by atoms with Crippen LogP contribution in [0.2, 0.25) is 0 Å². The first-order valence-electron chi connectivity index (χ1n) is 5.23. The Labute approximate surface area is 116 Å². The van der Waals surface area contributed by atoms with E-state index < -0.39 is 18.8 Å². The van der Waals surface area contributed by atoms with Crippen LogP contribution in [0.4, 0.5) is 13.2 Å². The average molecular weight is 347 g/mol. The molecule has 18 heavy (non-hydrogen) atoms. The van der Waals surface area contributed by atoms with Crippen molar-refractivity contribution in [3.8, 4) is 0 Å². The molecular formula is C10H14BrF3N2OS. The highest BCUT2D eigenvalue weighted by molar-refractivity contribution is 9.10. The van der Waals surface area contributed by atoms with E-state index in [1.54, 1.807) is 11.4 Å². The van der Waals surface area contributed by atoms with Crippen LogP contribution in [-0.4, -0.2) is 42.4 Å². The molecule has 1 heterocycles. The summed E-state index contributed by atoms with van der Waals surface area (Å²) >= 11 is 4.60. The molecule has 0 spiro atoms. The van der Waals surface area contributed by atoms with Gasteiger partial charge in [0.2, 0.25) is 0 Å². The van der Waals surface area contributed by atoms with Gasteiger partial charge in [-0.1, -0.05) is 0 Å². The molecule has 0 aliphatic carbocycles. The van der Waals surface area contributed by atoms with Crippen molar-refractivity contribution in [2.24, 2.45) is 5.73 Å².